The molecule has 7 nitrogen and oxygen atoms in total. The number of amidine groups is 1. The first-order valence-corrected chi connectivity index (χ1v) is 8.69. The van der Waals surface area contributed by atoms with E-state index in [9.17, 15) is 4.79 Å². The van der Waals surface area contributed by atoms with Crippen LogP contribution in [0, 0.1) is 5.41 Å². The van der Waals surface area contributed by atoms with Gasteiger partial charge in [0.05, 0.1) is 0 Å². The minimum absolute atomic E-state index is 0.00894. The topological polar surface area (TPSA) is 127 Å². The zero-order valence-corrected chi connectivity index (χ0v) is 15.2. The van der Waals surface area contributed by atoms with Crippen LogP contribution in [0.4, 0.5) is 0 Å². The standard InChI is InChI=1S/C21H21N5O2/c22-12-14-7-8-25-19(10-14)28-18-6-2-5-17(11-18)21(27)26-13-15-3-1-4-16(9-15)20(23)24/h1-11H,12-13,22H2,(H3,23,24)(H,26,27). The van der Waals surface area contributed by atoms with Gasteiger partial charge in [0.25, 0.3) is 5.91 Å². The number of benzene rings is 2. The molecule has 142 valence electrons. The van der Waals surface area contributed by atoms with Gasteiger partial charge in [-0.15, -0.1) is 0 Å². The van der Waals surface area contributed by atoms with Crippen molar-refractivity contribution in [3.63, 3.8) is 0 Å². The number of rotatable bonds is 7. The second-order valence-electron chi connectivity index (χ2n) is 6.13. The minimum Gasteiger partial charge on any atom is -0.439 e. The van der Waals surface area contributed by atoms with Crippen molar-refractivity contribution < 1.29 is 9.53 Å². The maximum absolute atomic E-state index is 12.5. The van der Waals surface area contributed by atoms with Crippen LogP contribution in [0.2, 0.25) is 0 Å². The van der Waals surface area contributed by atoms with E-state index in [0.29, 0.717) is 35.8 Å². The highest BCUT2D eigenvalue weighted by Gasteiger charge is 2.08. The van der Waals surface area contributed by atoms with Crippen LogP contribution in [0.3, 0.4) is 0 Å². The van der Waals surface area contributed by atoms with Crippen LogP contribution in [0.1, 0.15) is 27.0 Å². The Labute approximate surface area is 162 Å². The van der Waals surface area contributed by atoms with Gasteiger partial charge in [0, 0.05) is 36.5 Å². The van der Waals surface area contributed by atoms with Gasteiger partial charge in [-0.2, -0.15) is 0 Å². The van der Waals surface area contributed by atoms with E-state index in [-0.39, 0.29) is 11.7 Å². The number of nitrogens with zero attached hydrogens (tertiary/aromatic N) is 1. The number of ether oxygens (including phenoxy) is 1. The smallest absolute Gasteiger partial charge is 0.251 e. The summed E-state index contributed by atoms with van der Waals surface area (Å²) in [6.45, 7) is 0.720. The van der Waals surface area contributed by atoms with E-state index in [1.54, 1.807) is 54.7 Å². The van der Waals surface area contributed by atoms with E-state index < -0.39 is 0 Å². The summed E-state index contributed by atoms with van der Waals surface area (Å²) in [6, 6.07) is 17.6. The van der Waals surface area contributed by atoms with E-state index in [1.165, 1.54) is 0 Å². The van der Waals surface area contributed by atoms with E-state index >= 15 is 0 Å². The lowest BCUT2D eigenvalue weighted by Crippen LogP contribution is -2.23. The van der Waals surface area contributed by atoms with Crippen LogP contribution in [0.25, 0.3) is 0 Å². The number of nitrogens with two attached hydrogens (primary N) is 2. The Kier molecular flexibility index (Phi) is 5.98. The Hall–Kier alpha value is -3.71. The fourth-order valence-electron chi connectivity index (χ4n) is 2.59. The molecule has 0 saturated carbocycles. The quantitative estimate of drug-likeness (QED) is 0.373. The Balaban J connectivity index is 1.66. The molecule has 2 aromatic carbocycles. The van der Waals surface area contributed by atoms with Crippen molar-refractivity contribution >= 4 is 11.7 Å². The second-order valence-corrected chi connectivity index (χ2v) is 6.13. The molecule has 0 spiro atoms. The molecule has 3 rings (SSSR count). The Bertz CT molecular complexity index is 1000. The van der Waals surface area contributed by atoms with Crippen molar-refractivity contribution in [2.24, 2.45) is 11.5 Å². The fourth-order valence-corrected chi connectivity index (χ4v) is 2.59. The third kappa shape index (κ3) is 4.93. The fraction of sp³-hybridized carbons (Fsp3) is 0.0952. The summed E-state index contributed by atoms with van der Waals surface area (Å²) in [5.41, 5.74) is 14.0. The number of carbonyl (C=O) groups is 1. The van der Waals surface area contributed by atoms with Gasteiger partial charge in [-0.1, -0.05) is 24.3 Å². The second kappa shape index (κ2) is 8.79. The molecule has 28 heavy (non-hydrogen) atoms. The molecule has 3 aromatic rings. The van der Waals surface area contributed by atoms with Gasteiger partial charge >= 0.3 is 0 Å². The summed E-state index contributed by atoms with van der Waals surface area (Å²) < 4.78 is 5.73. The summed E-state index contributed by atoms with van der Waals surface area (Å²) in [7, 11) is 0. The number of hydrogen-bond donors (Lipinski definition) is 4. The van der Waals surface area contributed by atoms with Gasteiger partial charge in [-0.05, 0) is 41.5 Å². The molecule has 1 heterocycles. The van der Waals surface area contributed by atoms with Gasteiger partial charge < -0.3 is 21.5 Å². The average Bonchev–Trinajstić information content (AvgIpc) is 2.72. The predicted molar refractivity (Wildman–Crippen MR) is 107 cm³/mol. The first kappa shape index (κ1) is 19.1. The van der Waals surface area contributed by atoms with E-state index in [0.717, 1.165) is 11.1 Å². The zero-order chi connectivity index (χ0) is 19.9. The first-order chi connectivity index (χ1) is 13.5. The third-order valence-corrected chi connectivity index (χ3v) is 4.04. The molecule has 0 saturated heterocycles. The van der Waals surface area contributed by atoms with Gasteiger partial charge in [0.15, 0.2) is 0 Å². The molecular weight excluding hydrogens is 354 g/mol. The molecule has 0 aliphatic carbocycles. The summed E-state index contributed by atoms with van der Waals surface area (Å²) in [6.07, 6.45) is 1.63. The highest BCUT2D eigenvalue weighted by molar-refractivity contribution is 5.95. The van der Waals surface area contributed by atoms with E-state index in [2.05, 4.69) is 10.3 Å². The van der Waals surface area contributed by atoms with Crippen molar-refractivity contribution in [3.05, 3.63) is 89.1 Å². The van der Waals surface area contributed by atoms with Gasteiger partial charge in [0.2, 0.25) is 5.88 Å². The molecule has 7 heteroatoms. The van der Waals surface area contributed by atoms with Crippen LogP contribution >= 0.6 is 0 Å². The van der Waals surface area contributed by atoms with Crippen LogP contribution in [-0.4, -0.2) is 16.7 Å². The lowest BCUT2D eigenvalue weighted by atomic mass is 10.1. The lowest BCUT2D eigenvalue weighted by molar-refractivity contribution is 0.0950. The average molecular weight is 375 g/mol. The van der Waals surface area contributed by atoms with E-state index in [4.69, 9.17) is 21.6 Å². The molecule has 0 bridgehead atoms. The number of pyridine rings is 1. The predicted octanol–water partition coefficient (Wildman–Crippen LogP) is 2.55. The van der Waals surface area contributed by atoms with Crippen molar-refractivity contribution in [3.8, 4) is 11.6 Å². The lowest BCUT2D eigenvalue weighted by Gasteiger charge is -2.09. The van der Waals surface area contributed by atoms with Gasteiger partial charge in [-0.25, -0.2) is 4.98 Å². The van der Waals surface area contributed by atoms with Crippen LogP contribution in [0.15, 0.2) is 66.9 Å². The SMILES string of the molecule is N=C(N)c1cccc(CNC(=O)c2cccc(Oc3cc(CN)ccn3)c2)c1. The van der Waals surface area contributed by atoms with E-state index in [1.807, 2.05) is 12.1 Å². The Morgan fingerprint density at radius 3 is 2.61 bits per heavy atom. The molecule has 6 N–H and O–H groups in total. The normalized spacial score (nSPS) is 10.3. The molecule has 0 radical (unpaired) electrons. The summed E-state index contributed by atoms with van der Waals surface area (Å²) in [5.74, 6) is 0.683. The number of amides is 1. The van der Waals surface area contributed by atoms with Crippen LogP contribution < -0.4 is 21.5 Å². The van der Waals surface area contributed by atoms with Crippen LogP contribution in [0.5, 0.6) is 11.6 Å². The molecule has 0 fully saturated rings. The highest BCUT2D eigenvalue weighted by atomic mass is 16.5. The summed E-state index contributed by atoms with van der Waals surface area (Å²) in [4.78, 5) is 16.6. The maximum Gasteiger partial charge on any atom is 0.251 e. The van der Waals surface area contributed by atoms with Crippen molar-refractivity contribution in [1.82, 2.24) is 10.3 Å². The monoisotopic (exact) mass is 375 g/mol. The third-order valence-electron chi connectivity index (χ3n) is 4.04. The number of aromatic nitrogens is 1. The largest absolute Gasteiger partial charge is 0.439 e. The Morgan fingerprint density at radius 2 is 1.82 bits per heavy atom. The first-order valence-electron chi connectivity index (χ1n) is 8.69. The molecule has 0 atom stereocenters. The van der Waals surface area contributed by atoms with Crippen molar-refractivity contribution in [2.45, 2.75) is 13.1 Å². The molecule has 1 amide bonds. The molecule has 0 aliphatic heterocycles. The van der Waals surface area contributed by atoms with Gasteiger partial charge in [0.1, 0.15) is 11.6 Å². The number of nitrogens with one attached hydrogen (secondary N) is 2. The number of hydrogen-bond acceptors (Lipinski definition) is 5. The maximum atomic E-state index is 12.5. The highest BCUT2D eigenvalue weighted by Crippen LogP contribution is 2.21. The van der Waals surface area contributed by atoms with Crippen molar-refractivity contribution in [2.75, 3.05) is 0 Å². The molecular formula is C21H21N5O2. The van der Waals surface area contributed by atoms with Crippen LogP contribution in [-0.2, 0) is 13.1 Å². The summed E-state index contributed by atoms with van der Waals surface area (Å²) >= 11 is 0. The van der Waals surface area contributed by atoms with Gasteiger partial charge in [-0.3, -0.25) is 10.2 Å². The molecule has 0 unspecified atom stereocenters. The molecule has 1 aromatic heterocycles. The minimum atomic E-state index is -0.234. The zero-order valence-electron chi connectivity index (χ0n) is 15.2. The summed E-state index contributed by atoms with van der Waals surface area (Å²) in [5, 5.41) is 10.3. The Morgan fingerprint density at radius 1 is 1.04 bits per heavy atom. The molecule has 0 aliphatic rings. The number of nitrogen functional groups attached to an aromatic ring is 1. The number of carbonyl (C=O) groups excluding carboxylic acids is 1. The van der Waals surface area contributed by atoms with Crippen molar-refractivity contribution in [1.29, 1.82) is 5.41 Å².